The normalized spacial score (nSPS) is 26.6. The van der Waals surface area contributed by atoms with E-state index >= 15 is 0 Å². The first kappa shape index (κ1) is 30.7. The molecule has 0 aromatic rings. The van der Waals surface area contributed by atoms with Crippen LogP contribution in [0.3, 0.4) is 0 Å². The summed E-state index contributed by atoms with van der Waals surface area (Å²) in [6, 6.07) is -2.99. The topological polar surface area (TPSA) is 115 Å². The van der Waals surface area contributed by atoms with Crippen molar-refractivity contribution in [1.29, 1.82) is 0 Å². The molecule has 1 saturated heterocycles. The molecule has 5 aliphatic rings. The maximum absolute atomic E-state index is 14.3. The number of carbonyl (C=O) groups is 6. The maximum atomic E-state index is 14.3. The van der Waals surface area contributed by atoms with Gasteiger partial charge in [0.25, 0.3) is 0 Å². The van der Waals surface area contributed by atoms with Crippen molar-refractivity contribution in [3.8, 4) is 0 Å². The largest absolute Gasteiger partial charge is 0.333 e. The lowest BCUT2D eigenvalue weighted by atomic mass is 9.91. The van der Waals surface area contributed by atoms with Crippen molar-refractivity contribution in [2.24, 2.45) is 0 Å². The molecule has 0 bridgehead atoms. The summed E-state index contributed by atoms with van der Waals surface area (Å²) in [7, 11) is 0. The molecule has 232 valence electrons. The summed E-state index contributed by atoms with van der Waals surface area (Å²) < 4.78 is 0. The number of hydrogen-bond acceptors (Lipinski definition) is 6. The van der Waals surface area contributed by atoms with Crippen LogP contribution < -0.4 is 0 Å². The third-order valence-electron chi connectivity index (χ3n) is 10.3. The van der Waals surface area contributed by atoms with Crippen molar-refractivity contribution in [2.45, 2.75) is 165 Å². The van der Waals surface area contributed by atoms with Gasteiger partial charge in [-0.25, -0.2) is 9.59 Å². The summed E-state index contributed by atoms with van der Waals surface area (Å²) in [6.45, 7) is 0. The van der Waals surface area contributed by atoms with Crippen LogP contribution in [-0.2, 0) is 19.2 Å². The van der Waals surface area contributed by atoms with Crippen LogP contribution in [0.5, 0.6) is 0 Å². The SMILES string of the molecule is O=C1CC(=O)N(C2CCCCC2)C(=O)N(C2CCCCC2)C(=O)CC(=O)N(C2CCCCC2)C(=O)N1C1CCCCC1. The van der Waals surface area contributed by atoms with Gasteiger partial charge in [-0.1, -0.05) is 77.0 Å². The number of urea groups is 2. The van der Waals surface area contributed by atoms with Gasteiger partial charge in [0, 0.05) is 24.2 Å². The minimum Gasteiger partial charge on any atom is -0.274 e. The second kappa shape index (κ2) is 14.1. The second-order valence-electron chi connectivity index (χ2n) is 13.1. The molecule has 0 atom stereocenters. The van der Waals surface area contributed by atoms with Gasteiger partial charge in [-0.05, 0) is 51.4 Å². The second-order valence-corrected chi connectivity index (χ2v) is 13.1. The highest BCUT2D eigenvalue weighted by Gasteiger charge is 2.46. The van der Waals surface area contributed by atoms with Crippen LogP contribution in [0.15, 0.2) is 0 Å². The highest BCUT2D eigenvalue weighted by Crippen LogP contribution is 2.32. The first-order valence-corrected chi connectivity index (χ1v) is 16.7. The molecule has 10 nitrogen and oxygen atoms in total. The van der Waals surface area contributed by atoms with Crippen molar-refractivity contribution >= 4 is 35.7 Å². The van der Waals surface area contributed by atoms with E-state index in [2.05, 4.69) is 0 Å². The molecule has 5 rings (SSSR count). The molecule has 8 amide bonds. The lowest BCUT2D eigenvalue weighted by Gasteiger charge is -2.42. The average molecular weight is 585 g/mol. The minimum absolute atomic E-state index is 0.401. The van der Waals surface area contributed by atoms with Crippen molar-refractivity contribution in [3.05, 3.63) is 0 Å². The zero-order chi connectivity index (χ0) is 29.6. The fourth-order valence-electron chi connectivity index (χ4n) is 8.05. The zero-order valence-corrected chi connectivity index (χ0v) is 25.1. The van der Waals surface area contributed by atoms with Crippen molar-refractivity contribution in [2.75, 3.05) is 0 Å². The van der Waals surface area contributed by atoms with E-state index in [0.29, 0.717) is 51.4 Å². The molecule has 42 heavy (non-hydrogen) atoms. The standard InChI is InChI=1S/C32H48N4O6/c37-27-21-28(38)35(25-17-9-3-10-18-25)32(42)36(26-19-11-4-12-20-26)30(40)22-29(39)34(24-15-7-2-8-16-24)31(41)33(27)23-13-5-1-6-14-23/h23-26H,1-22H2. The molecule has 0 aromatic carbocycles. The fourth-order valence-corrected chi connectivity index (χ4v) is 8.05. The summed E-state index contributed by atoms with van der Waals surface area (Å²) in [5.74, 6) is -2.57. The average Bonchev–Trinajstić information content (AvgIpc) is 2.99. The number of hydrogen-bond donors (Lipinski definition) is 0. The quantitative estimate of drug-likeness (QED) is 0.394. The molecule has 0 radical (unpaired) electrons. The Hall–Kier alpha value is -2.78. The molecular formula is C32H48N4O6. The lowest BCUT2D eigenvalue weighted by molar-refractivity contribution is -0.144. The molecular weight excluding hydrogens is 536 g/mol. The highest BCUT2D eigenvalue weighted by atomic mass is 16.2. The van der Waals surface area contributed by atoms with Gasteiger partial charge in [0.15, 0.2) is 0 Å². The van der Waals surface area contributed by atoms with Crippen LogP contribution >= 0.6 is 0 Å². The predicted octanol–water partition coefficient (Wildman–Crippen LogP) is 5.67. The number of imide groups is 4. The molecule has 0 aromatic heterocycles. The Kier molecular flexibility index (Phi) is 10.3. The lowest BCUT2D eigenvalue weighted by Crippen LogP contribution is -2.61. The van der Waals surface area contributed by atoms with Gasteiger partial charge in [-0.3, -0.25) is 38.8 Å². The van der Waals surface area contributed by atoms with Crippen molar-refractivity contribution in [3.63, 3.8) is 0 Å². The van der Waals surface area contributed by atoms with E-state index in [1.165, 1.54) is 0 Å². The monoisotopic (exact) mass is 584 g/mol. The molecule has 1 aliphatic heterocycles. The Labute approximate surface area is 249 Å². The third-order valence-corrected chi connectivity index (χ3v) is 10.3. The van der Waals surface area contributed by atoms with E-state index in [4.69, 9.17) is 0 Å². The number of rotatable bonds is 4. The van der Waals surface area contributed by atoms with E-state index in [1.807, 2.05) is 0 Å². The maximum Gasteiger partial charge on any atom is 0.333 e. The molecule has 4 saturated carbocycles. The summed E-state index contributed by atoms with van der Waals surface area (Å²) in [5, 5.41) is 0. The molecule has 1 heterocycles. The number of amides is 8. The summed E-state index contributed by atoms with van der Waals surface area (Å²) in [5.41, 5.74) is 0. The summed E-state index contributed by atoms with van der Waals surface area (Å²) >= 11 is 0. The molecule has 10 heteroatoms. The van der Waals surface area contributed by atoms with Gasteiger partial charge in [0.1, 0.15) is 12.8 Å². The molecule has 4 aliphatic carbocycles. The smallest absolute Gasteiger partial charge is 0.274 e. The van der Waals surface area contributed by atoms with E-state index in [0.717, 1.165) is 96.6 Å². The van der Waals surface area contributed by atoms with Crippen LogP contribution in [0.1, 0.15) is 141 Å². The van der Waals surface area contributed by atoms with E-state index in [9.17, 15) is 28.8 Å². The third kappa shape index (κ3) is 6.72. The minimum atomic E-state index is -0.690. The van der Waals surface area contributed by atoms with Gasteiger partial charge in [-0.2, -0.15) is 0 Å². The molecule has 0 spiro atoms. The van der Waals surface area contributed by atoms with Crippen LogP contribution in [0.2, 0.25) is 0 Å². The Morgan fingerprint density at radius 1 is 0.310 bits per heavy atom. The Balaban J connectivity index is 1.55. The van der Waals surface area contributed by atoms with Crippen LogP contribution in [0, 0.1) is 0 Å². The zero-order valence-electron chi connectivity index (χ0n) is 25.1. The predicted molar refractivity (Wildman–Crippen MR) is 155 cm³/mol. The summed E-state index contributed by atoms with van der Waals surface area (Å²) in [6.07, 6.45) is 14.6. The number of nitrogens with zero attached hydrogens (tertiary/aromatic N) is 4. The van der Waals surface area contributed by atoms with Crippen LogP contribution in [0.4, 0.5) is 9.59 Å². The van der Waals surface area contributed by atoms with E-state index in [1.54, 1.807) is 0 Å². The Morgan fingerprint density at radius 3 is 0.690 bits per heavy atom. The molecule has 5 fully saturated rings. The van der Waals surface area contributed by atoms with Gasteiger partial charge < -0.3 is 0 Å². The van der Waals surface area contributed by atoms with Crippen LogP contribution in [0.25, 0.3) is 0 Å². The molecule has 0 unspecified atom stereocenters. The van der Waals surface area contributed by atoms with Crippen LogP contribution in [-0.4, -0.2) is 79.5 Å². The Morgan fingerprint density at radius 2 is 0.500 bits per heavy atom. The first-order valence-electron chi connectivity index (χ1n) is 16.7. The number of carbonyl (C=O) groups excluding carboxylic acids is 6. The van der Waals surface area contributed by atoms with E-state index < -0.39 is 72.7 Å². The van der Waals surface area contributed by atoms with Gasteiger partial charge in [-0.15, -0.1) is 0 Å². The first-order chi connectivity index (χ1) is 20.4. The van der Waals surface area contributed by atoms with Gasteiger partial charge in [0.05, 0.1) is 0 Å². The highest BCUT2D eigenvalue weighted by molar-refractivity contribution is 6.15. The van der Waals surface area contributed by atoms with Crippen molar-refractivity contribution in [1.82, 2.24) is 19.6 Å². The Bertz CT molecular complexity index is 880. The van der Waals surface area contributed by atoms with E-state index in [-0.39, 0.29) is 0 Å². The fraction of sp³-hybridized carbons (Fsp3) is 0.812. The van der Waals surface area contributed by atoms with Crippen molar-refractivity contribution < 1.29 is 28.8 Å². The van der Waals surface area contributed by atoms with Gasteiger partial charge >= 0.3 is 12.1 Å². The molecule has 0 N–H and O–H groups in total. The summed E-state index contributed by atoms with van der Waals surface area (Å²) in [4.78, 5) is 89.3. The van der Waals surface area contributed by atoms with Gasteiger partial charge in [0.2, 0.25) is 23.6 Å².